The summed E-state index contributed by atoms with van der Waals surface area (Å²) in [4.78, 5) is 33.3. The van der Waals surface area contributed by atoms with Gasteiger partial charge in [-0.1, -0.05) is 12.8 Å². The van der Waals surface area contributed by atoms with Gasteiger partial charge in [-0.3, -0.25) is 14.4 Å². The lowest BCUT2D eigenvalue weighted by Crippen LogP contribution is -2.44. The summed E-state index contributed by atoms with van der Waals surface area (Å²) in [6.45, 7) is 1.21. The second-order valence-corrected chi connectivity index (χ2v) is 4.76. The molecule has 3 N–H and O–H groups in total. The van der Waals surface area contributed by atoms with Crippen LogP contribution in [0.1, 0.15) is 39.0 Å². The first-order chi connectivity index (χ1) is 8.49. The van der Waals surface area contributed by atoms with Crippen molar-refractivity contribution in [1.82, 2.24) is 10.6 Å². The highest BCUT2D eigenvalue weighted by Gasteiger charge is 2.19. The van der Waals surface area contributed by atoms with Gasteiger partial charge in [-0.05, 0) is 25.7 Å². The molecule has 0 aromatic heterocycles. The Morgan fingerprint density at radius 3 is 2.39 bits per heavy atom. The SMILES string of the molecule is C[C@H](NC(=O)CNC(=O)CC1CCCC1)C(=O)O. The summed E-state index contributed by atoms with van der Waals surface area (Å²) in [6.07, 6.45) is 4.97. The van der Waals surface area contributed by atoms with Crippen molar-refractivity contribution in [2.45, 2.75) is 45.1 Å². The zero-order valence-corrected chi connectivity index (χ0v) is 10.6. The number of nitrogens with one attached hydrogen (secondary N) is 2. The molecule has 1 aliphatic rings. The lowest BCUT2D eigenvalue weighted by atomic mass is 10.0. The molecule has 0 spiro atoms. The third-order valence-electron chi connectivity index (χ3n) is 3.14. The lowest BCUT2D eigenvalue weighted by molar-refractivity contribution is -0.141. The maximum Gasteiger partial charge on any atom is 0.325 e. The molecule has 2 amide bonds. The minimum atomic E-state index is -1.10. The van der Waals surface area contributed by atoms with Crippen LogP contribution in [0.3, 0.4) is 0 Å². The Hall–Kier alpha value is -1.59. The van der Waals surface area contributed by atoms with Gasteiger partial charge in [0.05, 0.1) is 6.54 Å². The van der Waals surface area contributed by atoms with Crippen molar-refractivity contribution in [2.75, 3.05) is 6.54 Å². The lowest BCUT2D eigenvalue weighted by Gasteiger charge is -2.11. The number of rotatable bonds is 6. The van der Waals surface area contributed by atoms with E-state index in [0.29, 0.717) is 12.3 Å². The molecule has 0 unspecified atom stereocenters. The molecule has 0 aromatic carbocycles. The fourth-order valence-corrected chi connectivity index (χ4v) is 2.08. The molecule has 6 nitrogen and oxygen atoms in total. The molecule has 0 heterocycles. The van der Waals surface area contributed by atoms with Crippen molar-refractivity contribution >= 4 is 17.8 Å². The van der Waals surface area contributed by atoms with Gasteiger partial charge >= 0.3 is 5.97 Å². The second kappa shape index (κ2) is 6.98. The summed E-state index contributed by atoms with van der Waals surface area (Å²) >= 11 is 0. The first kappa shape index (κ1) is 14.5. The highest BCUT2D eigenvalue weighted by Crippen LogP contribution is 2.27. The van der Waals surface area contributed by atoms with E-state index < -0.39 is 17.9 Å². The van der Waals surface area contributed by atoms with Crippen LogP contribution in [0.15, 0.2) is 0 Å². The maximum absolute atomic E-state index is 11.5. The Morgan fingerprint density at radius 2 is 1.83 bits per heavy atom. The van der Waals surface area contributed by atoms with Gasteiger partial charge in [0.25, 0.3) is 0 Å². The van der Waals surface area contributed by atoms with Gasteiger partial charge < -0.3 is 15.7 Å². The molecule has 1 atom stereocenters. The van der Waals surface area contributed by atoms with E-state index in [9.17, 15) is 14.4 Å². The molecule has 0 radical (unpaired) electrons. The van der Waals surface area contributed by atoms with Crippen LogP contribution in [0, 0.1) is 5.92 Å². The van der Waals surface area contributed by atoms with E-state index in [4.69, 9.17) is 5.11 Å². The zero-order chi connectivity index (χ0) is 13.5. The molecular formula is C12H20N2O4. The fourth-order valence-electron chi connectivity index (χ4n) is 2.08. The van der Waals surface area contributed by atoms with Crippen LogP contribution >= 0.6 is 0 Å². The minimum Gasteiger partial charge on any atom is -0.480 e. The Morgan fingerprint density at radius 1 is 1.22 bits per heavy atom. The van der Waals surface area contributed by atoms with Crippen LogP contribution in [0.5, 0.6) is 0 Å². The van der Waals surface area contributed by atoms with Crippen molar-refractivity contribution in [3.63, 3.8) is 0 Å². The molecule has 0 saturated heterocycles. The first-order valence-corrected chi connectivity index (χ1v) is 6.28. The van der Waals surface area contributed by atoms with Gasteiger partial charge in [-0.15, -0.1) is 0 Å². The number of hydrogen-bond donors (Lipinski definition) is 3. The largest absolute Gasteiger partial charge is 0.480 e. The molecule has 1 saturated carbocycles. The van der Waals surface area contributed by atoms with E-state index in [1.54, 1.807) is 0 Å². The molecule has 18 heavy (non-hydrogen) atoms. The van der Waals surface area contributed by atoms with Crippen molar-refractivity contribution < 1.29 is 19.5 Å². The summed E-state index contributed by atoms with van der Waals surface area (Å²) < 4.78 is 0. The predicted molar refractivity (Wildman–Crippen MR) is 64.8 cm³/mol. The Kier molecular flexibility index (Phi) is 5.61. The summed E-state index contributed by atoms with van der Waals surface area (Å²) in [6, 6.07) is -0.941. The summed E-state index contributed by atoms with van der Waals surface area (Å²) in [5.41, 5.74) is 0. The number of carboxylic acids is 1. The fraction of sp³-hybridized carbons (Fsp3) is 0.750. The van der Waals surface area contributed by atoms with Gasteiger partial charge in [0, 0.05) is 6.42 Å². The summed E-state index contributed by atoms with van der Waals surface area (Å²) in [7, 11) is 0. The van der Waals surface area contributed by atoms with Gasteiger partial charge in [-0.2, -0.15) is 0 Å². The zero-order valence-electron chi connectivity index (χ0n) is 10.6. The topological polar surface area (TPSA) is 95.5 Å². The highest BCUT2D eigenvalue weighted by atomic mass is 16.4. The van der Waals surface area contributed by atoms with Crippen LogP contribution in [-0.4, -0.2) is 35.5 Å². The second-order valence-electron chi connectivity index (χ2n) is 4.76. The third kappa shape index (κ3) is 5.16. The van der Waals surface area contributed by atoms with Crippen LogP contribution < -0.4 is 10.6 Å². The Balaban J connectivity index is 2.17. The first-order valence-electron chi connectivity index (χ1n) is 6.28. The number of carboxylic acid groups (broad SMARTS) is 1. The molecule has 0 bridgehead atoms. The number of hydrogen-bond acceptors (Lipinski definition) is 3. The smallest absolute Gasteiger partial charge is 0.325 e. The summed E-state index contributed by atoms with van der Waals surface area (Å²) in [5, 5.41) is 13.4. The standard InChI is InChI=1S/C12H20N2O4/c1-8(12(17)18)14-11(16)7-13-10(15)6-9-4-2-3-5-9/h8-9H,2-7H2,1H3,(H,13,15)(H,14,16)(H,17,18)/t8-/m0/s1. The van der Waals surface area contributed by atoms with E-state index in [2.05, 4.69) is 10.6 Å². The van der Waals surface area contributed by atoms with Gasteiger partial charge in [0.2, 0.25) is 11.8 Å². The average Bonchev–Trinajstić information content (AvgIpc) is 2.79. The average molecular weight is 256 g/mol. The highest BCUT2D eigenvalue weighted by molar-refractivity contribution is 5.87. The van der Waals surface area contributed by atoms with E-state index in [-0.39, 0.29) is 12.5 Å². The molecule has 1 fully saturated rings. The predicted octanol–water partition coefficient (Wildman–Crippen LogP) is 0.272. The van der Waals surface area contributed by atoms with E-state index in [1.807, 2.05) is 0 Å². The Labute approximate surface area is 106 Å². The minimum absolute atomic E-state index is 0.139. The summed E-state index contributed by atoms with van der Waals surface area (Å²) in [5.74, 6) is -1.28. The molecule has 0 aliphatic heterocycles. The van der Waals surface area contributed by atoms with Crippen LogP contribution in [-0.2, 0) is 14.4 Å². The number of carbonyl (C=O) groups is 3. The van der Waals surface area contributed by atoms with Crippen molar-refractivity contribution in [2.24, 2.45) is 5.92 Å². The molecule has 6 heteroatoms. The van der Waals surface area contributed by atoms with Crippen molar-refractivity contribution in [3.05, 3.63) is 0 Å². The maximum atomic E-state index is 11.5. The van der Waals surface area contributed by atoms with E-state index in [0.717, 1.165) is 12.8 Å². The third-order valence-corrected chi connectivity index (χ3v) is 3.14. The quantitative estimate of drug-likeness (QED) is 0.635. The number of aliphatic carboxylic acids is 1. The number of amides is 2. The molecule has 102 valence electrons. The van der Waals surface area contributed by atoms with Crippen LogP contribution in [0.2, 0.25) is 0 Å². The van der Waals surface area contributed by atoms with Crippen molar-refractivity contribution in [3.8, 4) is 0 Å². The molecule has 1 aliphatic carbocycles. The van der Waals surface area contributed by atoms with E-state index >= 15 is 0 Å². The molecule has 0 aromatic rings. The molecular weight excluding hydrogens is 236 g/mol. The number of carbonyl (C=O) groups excluding carboxylic acids is 2. The van der Waals surface area contributed by atoms with Gasteiger partial charge in [-0.25, -0.2) is 0 Å². The monoisotopic (exact) mass is 256 g/mol. The van der Waals surface area contributed by atoms with Crippen LogP contribution in [0.4, 0.5) is 0 Å². The normalized spacial score (nSPS) is 17.2. The Bertz CT molecular complexity index is 324. The van der Waals surface area contributed by atoms with Gasteiger partial charge in [0.15, 0.2) is 0 Å². The van der Waals surface area contributed by atoms with Gasteiger partial charge in [0.1, 0.15) is 6.04 Å². The van der Waals surface area contributed by atoms with E-state index in [1.165, 1.54) is 19.8 Å². The van der Waals surface area contributed by atoms with Crippen molar-refractivity contribution in [1.29, 1.82) is 0 Å². The molecule has 1 rings (SSSR count). The van der Waals surface area contributed by atoms with Crippen LogP contribution in [0.25, 0.3) is 0 Å².